The Kier molecular flexibility index (Phi) is 17.1. The number of hydrogen-bond acceptors (Lipinski definition) is 15. The summed E-state index contributed by atoms with van der Waals surface area (Å²) < 4.78 is 31.8. The third-order valence-corrected chi connectivity index (χ3v) is 15.7. The van der Waals surface area contributed by atoms with E-state index in [9.17, 15) is 19.5 Å². The van der Waals surface area contributed by atoms with Gasteiger partial charge in [-0.1, -0.05) is 31.8 Å². The van der Waals surface area contributed by atoms with Gasteiger partial charge >= 0.3 is 0 Å². The Morgan fingerprint density at radius 2 is 1.86 bits per heavy atom. The number of ether oxygens (including phenoxy) is 5. The predicted molar refractivity (Wildman–Crippen MR) is 274 cm³/mol. The van der Waals surface area contributed by atoms with Crippen LogP contribution in [-0.4, -0.2) is 152 Å². The number of nitrogens with zero attached hydrogens (tertiary/aromatic N) is 5. The van der Waals surface area contributed by atoms with Crippen molar-refractivity contribution in [3.63, 3.8) is 0 Å². The smallest absolute Gasteiger partial charge is 0.293 e. The molecule has 17 nitrogen and oxygen atoms in total. The first-order valence-electron chi connectivity index (χ1n) is 25.9. The lowest BCUT2D eigenvalue weighted by atomic mass is 9.78. The van der Waals surface area contributed by atoms with Crippen LogP contribution in [0.3, 0.4) is 0 Å². The summed E-state index contributed by atoms with van der Waals surface area (Å²) in [6.45, 7) is 14.6. The van der Waals surface area contributed by atoms with Gasteiger partial charge in [-0.15, -0.1) is 11.3 Å². The van der Waals surface area contributed by atoms with E-state index in [-0.39, 0.29) is 55.2 Å². The molecule has 6 aliphatic rings. The van der Waals surface area contributed by atoms with Gasteiger partial charge < -0.3 is 44.0 Å². The first-order valence-corrected chi connectivity index (χ1v) is 26.8. The summed E-state index contributed by atoms with van der Waals surface area (Å²) in [5, 5.41) is 21.5. The van der Waals surface area contributed by atoms with Crippen molar-refractivity contribution in [1.29, 1.82) is 0 Å². The second-order valence-corrected chi connectivity index (χ2v) is 21.7. The van der Waals surface area contributed by atoms with Gasteiger partial charge in [-0.2, -0.15) is 0 Å². The molecule has 388 valence electrons. The number of rotatable bonds is 22. The normalized spacial score (nSPS) is 21.3. The Labute approximate surface area is 427 Å². The molecule has 4 saturated heterocycles. The number of aliphatic hydroxyl groups excluding tert-OH is 1. The molecule has 4 atom stereocenters. The van der Waals surface area contributed by atoms with Crippen molar-refractivity contribution in [1.82, 2.24) is 40.5 Å². The third-order valence-electron chi connectivity index (χ3n) is 14.8. The molecule has 6 fully saturated rings. The van der Waals surface area contributed by atoms with Gasteiger partial charge in [0, 0.05) is 110 Å². The van der Waals surface area contributed by atoms with Gasteiger partial charge in [0.1, 0.15) is 11.0 Å². The molecule has 4 N–H and O–H groups in total. The summed E-state index contributed by atoms with van der Waals surface area (Å²) in [6, 6.07) is 7.14. The van der Waals surface area contributed by atoms with E-state index in [1.807, 2.05) is 13.8 Å². The maximum absolute atomic E-state index is 14.8. The molecule has 2 saturated carbocycles. The van der Waals surface area contributed by atoms with Crippen molar-refractivity contribution < 1.29 is 43.2 Å². The minimum absolute atomic E-state index is 0.0142. The van der Waals surface area contributed by atoms with Crippen LogP contribution in [0.5, 0.6) is 0 Å². The molecular formula is C54H72N8O9S. The van der Waals surface area contributed by atoms with Crippen LogP contribution in [0, 0.1) is 29.1 Å². The Bertz CT molecular complexity index is 2580. The highest BCUT2D eigenvalue weighted by atomic mass is 32.1. The first kappa shape index (κ1) is 52.1. The SMILES string of the molecule is CO[C@@H](C)c1ncc(C#C[C@@H](C)NCCO)cc1-c1c(CC(C)(C)COC=O)c2cc(-c3csc([C@H]([C@H](NC(=O)C4CC4)C(=O)N4NCC5CC4C5)N4CCOCC4)n3)ccc2n1CCOC1CCOCC1. The number of amides is 2. The highest BCUT2D eigenvalue weighted by Gasteiger charge is 2.47. The quantitative estimate of drug-likeness (QED) is 0.0595. The highest BCUT2D eigenvalue weighted by Crippen LogP contribution is 2.43. The summed E-state index contributed by atoms with van der Waals surface area (Å²) in [5.41, 5.74) is 9.87. The second kappa shape index (κ2) is 23.6. The van der Waals surface area contributed by atoms with Crippen LogP contribution in [0.2, 0.25) is 0 Å². The lowest BCUT2D eigenvalue weighted by Gasteiger charge is -2.50. The number of fused-ring (bicyclic) bond motifs is 3. The van der Waals surface area contributed by atoms with Crippen molar-refractivity contribution >= 4 is 40.5 Å². The summed E-state index contributed by atoms with van der Waals surface area (Å²) in [4.78, 5) is 52.9. The van der Waals surface area contributed by atoms with Gasteiger partial charge in [0.15, 0.2) is 0 Å². The minimum Gasteiger partial charge on any atom is -0.467 e. The van der Waals surface area contributed by atoms with E-state index in [4.69, 9.17) is 33.7 Å². The average Bonchev–Trinajstić information content (AvgIpc) is 4.07. The largest absolute Gasteiger partial charge is 0.467 e. The molecule has 4 aliphatic heterocycles. The van der Waals surface area contributed by atoms with Gasteiger partial charge in [-0.05, 0) is 88.5 Å². The number of nitrogens with one attached hydrogen (secondary N) is 3. The number of hydrogen-bond donors (Lipinski definition) is 4. The fourth-order valence-electron chi connectivity index (χ4n) is 10.6. The van der Waals surface area contributed by atoms with E-state index in [2.05, 4.69) is 80.9 Å². The van der Waals surface area contributed by atoms with E-state index in [0.717, 1.165) is 100 Å². The van der Waals surface area contributed by atoms with Crippen LogP contribution >= 0.6 is 11.3 Å². The van der Waals surface area contributed by atoms with Gasteiger partial charge in [0.2, 0.25) is 5.91 Å². The van der Waals surface area contributed by atoms with E-state index in [1.54, 1.807) is 18.3 Å². The van der Waals surface area contributed by atoms with E-state index in [1.165, 1.54) is 11.3 Å². The molecule has 2 bridgehead atoms. The lowest BCUT2D eigenvalue weighted by molar-refractivity contribution is -0.154. The van der Waals surface area contributed by atoms with Crippen molar-refractivity contribution in [3.8, 4) is 34.4 Å². The lowest BCUT2D eigenvalue weighted by Crippen LogP contribution is -2.67. The topological polar surface area (TPSA) is 191 Å². The summed E-state index contributed by atoms with van der Waals surface area (Å²) in [5.74, 6) is 6.91. The number of pyridine rings is 1. The number of carbonyl (C=O) groups excluding carboxylic acids is 3. The maximum atomic E-state index is 14.8. The average molecular weight is 1010 g/mol. The maximum Gasteiger partial charge on any atom is 0.293 e. The molecule has 1 aromatic carbocycles. The summed E-state index contributed by atoms with van der Waals surface area (Å²) >= 11 is 1.51. The Balaban J connectivity index is 1.17. The molecule has 18 heteroatoms. The zero-order valence-electron chi connectivity index (χ0n) is 42.5. The van der Waals surface area contributed by atoms with Crippen LogP contribution in [-0.2, 0) is 51.0 Å². The van der Waals surface area contributed by atoms with Crippen LogP contribution < -0.4 is 16.1 Å². The second-order valence-electron chi connectivity index (χ2n) is 20.8. The fraction of sp³-hybridized carbons (Fsp3) is 0.611. The molecule has 3 aromatic heterocycles. The molecule has 2 aliphatic carbocycles. The van der Waals surface area contributed by atoms with E-state index < -0.39 is 17.5 Å². The van der Waals surface area contributed by atoms with Crippen molar-refractivity contribution in [2.24, 2.45) is 17.3 Å². The number of benzene rings is 1. The number of methoxy groups -OCH3 is 1. The van der Waals surface area contributed by atoms with Gasteiger partial charge in [0.05, 0.1) is 74.4 Å². The zero-order chi connectivity index (χ0) is 50.4. The number of thiazole rings is 1. The van der Waals surface area contributed by atoms with Gasteiger partial charge in [0.25, 0.3) is 12.4 Å². The standard InChI is InChI=1S/C54H72N8O9S/c1-34(55-14-18-63)6-7-36-26-43(47(56-29-36)35(2)67-5)49-44(28-54(3,4)32-70-33-64)42-27-39(10-11-46(42)61(49)17-23-71-41-12-19-68-20-13-41)45-31-72-52(58-45)50(60-15-21-69-22-16-60)48(59-51(65)38-8-9-38)53(66)62-40-24-37(25-40)30-57-62/h10-11,26-27,29,31,33-35,37-38,40-41,48,50,55,57,63H,8-9,12-25,28,30,32H2,1-5H3,(H,59,65)/t34-,35+,37?,40?,48+,50+/m1/s1. The summed E-state index contributed by atoms with van der Waals surface area (Å²) in [7, 11) is 1.68. The van der Waals surface area contributed by atoms with Gasteiger partial charge in [-0.3, -0.25) is 29.3 Å². The van der Waals surface area contributed by atoms with Crippen LogP contribution in [0.4, 0.5) is 0 Å². The third kappa shape index (κ3) is 12.1. The Morgan fingerprint density at radius 1 is 1.08 bits per heavy atom. The number of aromatic nitrogens is 3. The molecule has 0 radical (unpaired) electrons. The highest BCUT2D eigenvalue weighted by molar-refractivity contribution is 7.10. The Morgan fingerprint density at radius 3 is 2.57 bits per heavy atom. The molecule has 0 unspecified atom stereocenters. The minimum atomic E-state index is -0.845. The summed E-state index contributed by atoms with van der Waals surface area (Å²) in [6.07, 6.45) is 7.30. The molecule has 2 amide bonds. The van der Waals surface area contributed by atoms with E-state index in [0.29, 0.717) is 78.0 Å². The number of aliphatic hydroxyl groups is 1. The molecular weight excluding hydrogens is 937 g/mol. The predicted octanol–water partition coefficient (Wildman–Crippen LogP) is 5.19. The van der Waals surface area contributed by atoms with E-state index >= 15 is 0 Å². The van der Waals surface area contributed by atoms with Gasteiger partial charge in [-0.25, -0.2) is 10.4 Å². The molecule has 10 rings (SSSR count). The molecule has 4 aromatic rings. The van der Waals surface area contributed by atoms with Crippen molar-refractivity contribution in [2.45, 2.75) is 116 Å². The first-order chi connectivity index (χ1) is 34.9. The molecule has 72 heavy (non-hydrogen) atoms. The van der Waals surface area contributed by atoms with Crippen LogP contribution in [0.15, 0.2) is 35.8 Å². The molecule has 0 spiro atoms. The molecule has 7 heterocycles. The number of carbonyl (C=O) groups is 3. The van der Waals surface area contributed by atoms with Crippen molar-refractivity contribution in [3.05, 3.63) is 57.7 Å². The fourth-order valence-corrected chi connectivity index (χ4v) is 11.6. The number of morpholine rings is 1. The van der Waals surface area contributed by atoms with Crippen LogP contribution in [0.1, 0.15) is 100 Å². The van der Waals surface area contributed by atoms with Crippen LogP contribution in [0.25, 0.3) is 33.4 Å². The Hall–Kier alpha value is -4.81. The monoisotopic (exact) mass is 1010 g/mol. The zero-order valence-corrected chi connectivity index (χ0v) is 43.3. The van der Waals surface area contributed by atoms with Crippen molar-refractivity contribution in [2.75, 3.05) is 79.5 Å². The number of hydrazine groups is 1.